The largest absolute Gasteiger partial charge is 0.332 e. The van der Waals surface area contributed by atoms with Gasteiger partial charge in [0.15, 0.2) is 0 Å². The lowest BCUT2D eigenvalue weighted by Gasteiger charge is -2.35. The minimum Gasteiger partial charge on any atom is -0.332 e. The van der Waals surface area contributed by atoms with Gasteiger partial charge in [0.25, 0.3) is 5.91 Å². The first-order valence-electron chi connectivity index (χ1n) is 13.6. The summed E-state index contributed by atoms with van der Waals surface area (Å²) in [6.07, 6.45) is 5.14. The molecule has 0 N–H and O–H groups in total. The van der Waals surface area contributed by atoms with E-state index < -0.39 is 0 Å². The quantitative estimate of drug-likeness (QED) is 0.300. The highest BCUT2D eigenvalue weighted by Crippen LogP contribution is 2.27. The van der Waals surface area contributed by atoms with Crippen LogP contribution in [0.25, 0.3) is 0 Å². The average molecular weight is 535 g/mol. The second-order valence-electron chi connectivity index (χ2n) is 11.5. The first-order chi connectivity index (χ1) is 18.1. The molecule has 1 aliphatic rings. The van der Waals surface area contributed by atoms with E-state index >= 15 is 0 Å². The van der Waals surface area contributed by atoms with Crippen LogP contribution in [0.3, 0.4) is 0 Å². The van der Waals surface area contributed by atoms with Gasteiger partial charge in [-0.05, 0) is 77.6 Å². The van der Waals surface area contributed by atoms with E-state index in [9.17, 15) is 14.0 Å². The molecule has 0 bridgehead atoms. The zero-order valence-electron chi connectivity index (χ0n) is 23.0. The van der Waals surface area contributed by atoms with Crippen molar-refractivity contribution >= 4 is 23.2 Å². The molecule has 202 valence electrons. The molecule has 0 unspecified atom stereocenters. The highest BCUT2D eigenvalue weighted by atomic mass is 32.1. The van der Waals surface area contributed by atoms with Gasteiger partial charge in [-0.25, -0.2) is 4.39 Å². The molecule has 1 saturated carbocycles. The summed E-state index contributed by atoms with van der Waals surface area (Å²) in [5.74, 6) is -0.473. The Morgan fingerprint density at radius 1 is 0.921 bits per heavy atom. The van der Waals surface area contributed by atoms with E-state index in [0.717, 1.165) is 41.7 Å². The van der Waals surface area contributed by atoms with Crippen LogP contribution in [0.15, 0.2) is 60.0 Å². The molecule has 2 aromatic carbocycles. The summed E-state index contributed by atoms with van der Waals surface area (Å²) in [4.78, 5) is 32.5. The van der Waals surface area contributed by atoms with Gasteiger partial charge in [-0.1, -0.05) is 64.3 Å². The van der Waals surface area contributed by atoms with Gasteiger partial charge in [0.1, 0.15) is 12.4 Å². The van der Waals surface area contributed by atoms with Crippen LogP contribution in [0.1, 0.15) is 84.8 Å². The maximum Gasteiger partial charge on any atom is 0.254 e. The summed E-state index contributed by atoms with van der Waals surface area (Å²) in [6.45, 7) is 9.38. The number of benzene rings is 2. The third-order valence-corrected chi connectivity index (χ3v) is 8.53. The monoisotopic (exact) mass is 534 g/mol. The minimum absolute atomic E-state index is 0.00137. The van der Waals surface area contributed by atoms with E-state index in [0.29, 0.717) is 18.7 Å². The van der Waals surface area contributed by atoms with Gasteiger partial charge in [-0.2, -0.15) is 0 Å². The first kappa shape index (κ1) is 28.0. The van der Waals surface area contributed by atoms with E-state index in [1.165, 1.54) is 24.1 Å². The zero-order chi connectivity index (χ0) is 27.3. The minimum atomic E-state index is -0.299. The number of halogens is 1. The molecule has 6 heteroatoms. The van der Waals surface area contributed by atoms with Crippen LogP contribution in [-0.4, -0.2) is 34.2 Å². The van der Waals surface area contributed by atoms with Crippen molar-refractivity contribution in [2.75, 3.05) is 6.54 Å². The number of amides is 2. The molecule has 1 aliphatic carbocycles. The predicted molar refractivity (Wildman–Crippen MR) is 153 cm³/mol. The topological polar surface area (TPSA) is 40.6 Å². The van der Waals surface area contributed by atoms with Crippen molar-refractivity contribution in [3.8, 4) is 0 Å². The fraction of sp³-hybridized carbons (Fsp3) is 0.438. The van der Waals surface area contributed by atoms with Crippen molar-refractivity contribution in [3.05, 3.63) is 92.9 Å². The summed E-state index contributed by atoms with van der Waals surface area (Å²) < 4.78 is 13.5. The highest BCUT2D eigenvalue weighted by Gasteiger charge is 2.30. The van der Waals surface area contributed by atoms with E-state index in [4.69, 9.17) is 0 Å². The fourth-order valence-electron chi connectivity index (χ4n) is 5.07. The van der Waals surface area contributed by atoms with Crippen molar-refractivity contribution < 1.29 is 14.0 Å². The van der Waals surface area contributed by atoms with Crippen molar-refractivity contribution in [1.29, 1.82) is 0 Å². The number of hydrogen-bond donors (Lipinski definition) is 0. The summed E-state index contributed by atoms with van der Waals surface area (Å²) in [5.41, 5.74) is 3.80. The lowest BCUT2D eigenvalue weighted by molar-refractivity contribution is -0.133. The lowest BCUT2D eigenvalue weighted by atomic mass is 9.86. The maximum absolute atomic E-state index is 13.9. The van der Waals surface area contributed by atoms with Crippen LogP contribution in [-0.2, 0) is 23.3 Å². The smallest absolute Gasteiger partial charge is 0.254 e. The van der Waals surface area contributed by atoms with E-state index in [-0.39, 0.29) is 35.6 Å². The summed E-state index contributed by atoms with van der Waals surface area (Å²) >= 11 is 1.63. The summed E-state index contributed by atoms with van der Waals surface area (Å²) in [6, 6.07) is 16.2. The average Bonchev–Trinajstić information content (AvgIpc) is 3.31. The second kappa shape index (κ2) is 12.2. The van der Waals surface area contributed by atoms with Crippen LogP contribution >= 0.6 is 11.3 Å². The Morgan fingerprint density at radius 2 is 1.58 bits per heavy atom. The number of carbonyl (C=O) groups is 2. The molecule has 0 atom stereocenters. The van der Waals surface area contributed by atoms with Crippen molar-refractivity contribution in [2.24, 2.45) is 0 Å². The van der Waals surface area contributed by atoms with Gasteiger partial charge >= 0.3 is 0 Å². The molecule has 0 saturated heterocycles. The molecular weight excluding hydrogens is 495 g/mol. The van der Waals surface area contributed by atoms with Gasteiger partial charge in [-0.15, -0.1) is 11.3 Å². The highest BCUT2D eigenvalue weighted by molar-refractivity contribution is 7.10. The number of nitrogens with zero attached hydrogens (tertiary/aromatic N) is 2. The third kappa shape index (κ3) is 7.10. The Hall–Kier alpha value is -2.99. The van der Waals surface area contributed by atoms with Gasteiger partial charge in [-0.3, -0.25) is 9.59 Å². The third-order valence-electron chi connectivity index (χ3n) is 7.52. The number of carbonyl (C=O) groups excluding carboxylic acids is 2. The molecule has 3 aromatic rings. The Morgan fingerprint density at radius 3 is 2.16 bits per heavy atom. The predicted octanol–water partition coefficient (Wildman–Crippen LogP) is 7.50. The van der Waals surface area contributed by atoms with Crippen LogP contribution in [0.5, 0.6) is 0 Å². The van der Waals surface area contributed by atoms with Crippen LogP contribution in [0.2, 0.25) is 0 Å². The Labute approximate surface area is 230 Å². The molecule has 4 nitrogen and oxygen atoms in total. The van der Waals surface area contributed by atoms with Gasteiger partial charge < -0.3 is 9.80 Å². The molecule has 0 radical (unpaired) electrons. The first-order valence-corrected chi connectivity index (χ1v) is 14.5. The Kier molecular flexibility index (Phi) is 9.03. The van der Waals surface area contributed by atoms with Crippen molar-refractivity contribution in [3.63, 3.8) is 0 Å². The Bertz CT molecular complexity index is 1220. The van der Waals surface area contributed by atoms with Crippen molar-refractivity contribution in [2.45, 2.75) is 84.3 Å². The maximum atomic E-state index is 13.9. The number of rotatable bonds is 8. The number of hydrogen-bond acceptors (Lipinski definition) is 3. The normalized spacial score (nSPS) is 14.3. The van der Waals surface area contributed by atoms with Gasteiger partial charge in [0.05, 0.1) is 6.54 Å². The van der Waals surface area contributed by atoms with Gasteiger partial charge in [0, 0.05) is 23.0 Å². The van der Waals surface area contributed by atoms with Crippen LogP contribution in [0.4, 0.5) is 4.39 Å². The molecule has 4 rings (SSSR count). The molecule has 0 aliphatic heterocycles. The fourth-order valence-corrected chi connectivity index (χ4v) is 5.99. The molecule has 0 spiro atoms. The Balaban J connectivity index is 1.59. The summed E-state index contributed by atoms with van der Waals surface area (Å²) in [5, 5.41) is 2.03. The lowest BCUT2D eigenvalue weighted by Crippen LogP contribution is -2.48. The SMILES string of the molecule is Cc1ccsc1CN(Cc1ccc(F)cc1)C(=O)CN(C(=O)c1ccc(C(C)(C)C)cc1)C1CCCCC1. The molecular formula is C32H39FN2O2S. The molecule has 38 heavy (non-hydrogen) atoms. The number of aryl methyl sites for hydroxylation is 1. The molecule has 2 amide bonds. The van der Waals surface area contributed by atoms with E-state index in [2.05, 4.69) is 26.8 Å². The number of thiophene rings is 1. The molecule has 1 fully saturated rings. The zero-order valence-corrected chi connectivity index (χ0v) is 23.8. The standard InChI is InChI=1S/C32H39FN2O2S/c1-23-18-19-38-29(23)21-34(20-24-10-16-27(33)17-11-24)30(36)22-35(28-8-6-5-7-9-28)31(37)25-12-14-26(15-13-25)32(2,3)4/h10-19,28H,5-9,20-22H2,1-4H3. The van der Waals surface area contributed by atoms with Crippen LogP contribution in [0, 0.1) is 12.7 Å². The molecule has 1 aromatic heterocycles. The molecule has 1 heterocycles. The van der Waals surface area contributed by atoms with Gasteiger partial charge in [0.2, 0.25) is 5.91 Å². The van der Waals surface area contributed by atoms with Crippen LogP contribution < -0.4 is 0 Å². The summed E-state index contributed by atoms with van der Waals surface area (Å²) in [7, 11) is 0. The van der Waals surface area contributed by atoms with Crippen molar-refractivity contribution in [1.82, 2.24) is 9.80 Å². The van der Waals surface area contributed by atoms with E-state index in [1.54, 1.807) is 28.4 Å². The second-order valence-corrected chi connectivity index (χ2v) is 12.5. The van der Waals surface area contributed by atoms with E-state index in [1.807, 2.05) is 41.5 Å².